The van der Waals surface area contributed by atoms with Crippen molar-refractivity contribution < 1.29 is 37.0 Å². The van der Waals surface area contributed by atoms with Crippen molar-refractivity contribution in [3.63, 3.8) is 0 Å². The number of carbonyl (C=O) groups excluding carboxylic acids is 2. The predicted molar refractivity (Wildman–Crippen MR) is 216 cm³/mol. The number of hydrogen-bond donors (Lipinski definition) is 2. The third kappa shape index (κ3) is 9.42. The summed E-state index contributed by atoms with van der Waals surface area (Å²) in [5.74, 6) is 0.0673. The molecule has 0 spiro atoms. The highest BCUT2D eigenvalue weighted by atomic mass is 35.5. The van der Waals surface area contributed by atoms with Crippen molar-refractivity contribution in [1.29, 1.82) is 0 Å². The molecule has 59 heavy (non-hydrogen) atoms. The molecule has 3 aliphatic rings. The second-order valence-corrected chi connectivity index (χ2v) is 15.6. The van der Waals surface area contributed by atoms with E-state index in [0.29, 0.717) is 73.2 Å². The smallest absolute Gasteiger partial charge is 0.421 e. The summed E-state index contributed by atoms with van der Waals surface area (Å²) in [4.78, 5) is 40.8. The number of nitrogens with one attached hydrogen (secondary N) is 2. The number of benzene rings is 1. The number of amides is 2. The van der Waals surface area contributed by atoms with Gasteiger partial charge in [0.15, 0.2) is 0 Å². The molecule has 1 atom stereocenters. The molecule has 0 bridgehead atoms. The molecular formula is C43H49ClF3N7O5. The molecule has 2 aliphatic heterocycles. The topological polar surface area (TPSA) is 131 Å². The summed E-state index contributed by atoms with van der Waals surface area (Å²) in [6.07, 6.45) is 0.267. The van der Waals surface area contributed by atoms with E-state index < -0.39 is 23.7 Å². The number of alkyl halides is 3. The average molecular weight is 836 g/mol. The first-order chi connectivity index (χ1) is 28.3. The van der Waals surface area contributed by atoms with Gasteiger partial charge in [0.05, 0.1) is 30.6 Å². The average Bonchev–Trinajstić information content (AvgIpc) is 3.64. The van der Waals surface area contributed by atoms with Gasteiger partial charge in [-0.15, -0.1) is 0 Å². The Hall–Kier alpha value is -4.99. The van der Waals surface area contributed by atoms with Gasteiger partial charge in [-0.25, -0.2) is 4.98 Å². The molecule has 3 aromatic heterocycles. The van der Waals surface area contributed by atoms with Crippen LogP contribution in [0.3, 0.4) is 0 Å². The van der Waals surface area contributed by atoms with Gasteiger partial charge in [-0.2, -0.15) is 18.2 Å². The lowest BCUT2D eigenvalue weighted by Gasteiger charge is -2.32. The number of fused-ring (bicyclic) bond motifs is 1. The maximum atomic E-state index is 14.6. The van der Waals surface area contributed by atoms with Crippen LogP contribution in [0.4, 0.5) is 13.2 Å². The summed E-state index contributed by atoms with van der Waals surface area (Å²) in [5, 5.41) is 7.27. The molecule has 1 aromatic carbocycles. The molecule has 5 heterocycles. The number of ether oxygens (including phenoxy) is 3. The first-order valence-corrected chi connectivity index (χ1v) is 20.3. The summed E-state index contributed by atoms with van der Waals surface area (Å²) in [6.45, 7) is 6.42. The van der Waals surface area contributed by atoms with Gasteiger partial charge in [-0.1, -0.05) is 35.9 Å². The minimum absolute atomic E-state index is 0.0109. The van der Waals surface area contributed by atoms with Crippen molar-refractivity contribution in [3.05, 3.63) is 81.5 Å². The van der Waals surface area contributed by atoms with Gasteiger partial charge in [-0.3, -0.25) is 14.6 Å². The van der Waals surface area contributed by atoms with E-state index in [1.807, 2.05) is 35.2 Å². The fraction of sp³-hybridized carbons (Fsp3) is 0.465. The minimum atomic E-state index is -4.74. The van der Waals surface area contributed by atoms with E-state index >= 15 is 0 Å². The Balaban J connectivity index is 1.08. The molecule has 2 N–H and O–H groups in total. The summed E-state index contributed by atoms with van der Waals surface area (Å²) < 4.78 is 61.1. The lowest BCUT2D eigenvalue weighted by atomic mass is 9.98. The van der Waals surface area contributed by atoms with Crippen LogP contribution in [-0.2, 0) is 35.3 Å². The monoisotopic (exact) mass is 835 g/mol. The third-order valence-corrected chi connectivity index (χ3v) is 12.0. The first kappa shape index (κ1) is 42.1. The summed E-state index contributed by atoms with van der Waals surface area (Å²) >= 11 is 7.11. The molecule has 0 radical (unpaired) electrons. The number of methoxy groups -OCH3 is 2. The number of nitrogens with zero attached hydrogens (tertiary/aromatic N) is 5. The Morgan fingerprint density at radius 1 is 0.797 bits per heavy atom. The van der Waals surface area contributed by atoms with E-state index in [4.69, 9.17) is 30.8 Å². The van der Waals surface area contributed by atoms with Crippen LogP contribution in [0.1, 0.15) is 79.9 Å². The highest BCUT2D eigenvalue weighted by Crippen LogP contribution is 2.45. The zero-order valence-electron chi connectivity index (χ0n) is 33.6. The summed E-state index contributed by atoms with van der Waals surface area (Å²) in [7, 11) is 2.95. The second-order valence-electron chi connectivity index (χ2n) is 15.2. The maximum Gasteiger partial charge on any atom is 0.421 e. The van der Waals surface area contributed by atoms with Crippen molar-refractivity contribution in [3.8, 4) is 40.2 Å². The van der Waals surface area contributed by atoms with E-state index in [1.54, 1.807) is 31.2 Å². The van der Waals surface area contributed by atoms with E-state index in [0.717, 1.165) is 54.3 Å². The van der Waals surface area contributed by atoms with Crippen molar-refractivity contribution in [2.75, 3.05) is 40.4 Å². The van der Waals surface area contributed by atoms with E-state index in [2.05, 4.69) is 20.6 Å². The number of hydrogen-bond acceptors (Lipinski definition) is 10. The lowest BCUT2D eigenvalue weighted by Crippen LogP contribution is -2.44. The van der Waals surface area contributed by atoms with Gasteiger partial charge in [0.1, 0.15) is 11.7 Å². The zero-order valence-corrected chi connectivity index (χ0v) is 34.4. The molecule has 12 nitrogen and oxygen atoms in total. The number of pyridine rings is 3. The van der Waals surface area contributed by atoms with Crippen LogP contribution in [0.15, 0.2) is 48.7 Å². The van der Waals surface area contributed by atoms with Gasteiger partial charge in [0.25, 0.3) is 0 Å². The SMILES string of the molecule is COc1nc(-c2ccnc(-c3cccc4c3CC[C@H]4Oc3nc(OC)c(CNC4CCN(C(C)=O)CC4)cc3C(F)(F)F)c2Cl)ccc1CNC1CCN(C(C)=O)CC1. The molecule has 4 aromatic rings. The standard InChI is InChI=1S/C43H49ClF3N7O5/c1-25(55)53-18-13-29(14-19-53)49-23-27-8-10-36(51-40(27)57-3)34-12-17-48-39(38(34)44)33-7-5-6-32-31(33)9-11-37(32)59-42-35(43(45,46)47)22-28(41(52-42)58-4)24-50-30-15-20-54(21-16-30)26(2)56/h5-8,10,12,17,22,29-30,37,49-50H,9,11,13-16,18-21,23-24H2,1-4H3/t37-/m1/s1. The molecule has 314 valence electrons. The minimum Gasteiger partial charge on any atom is -0.481 e. The molecule has 0 saturated carbocycles. The van der Waals surface area contributed by atoms with Crippen LogP contribution in [-0.4, -0.2) is 89.0 Å². The van der Waals surface area contributed by atoms with Crippen molar-refractivity contribution in [1.82, 2.24) is 35.4 Å². The highest BCUT2D eigenvalue weighted by Gasteiger charge is 2.39. The Bertz CT molecular complexity index is 2170. The largest absolute Gasteiger partial charge is 0.481 e. The van der Waals surface area contributed by atoms with Gasteiger partial charge < -0.3 is 34.6 Å². The fourth-order valence-corrected chi connectivity index (χ4v) is 8.59. The molecular weight excluding hydrogens is 787 g/mol. The summed E-state index contributed by atoms with van der Waals surface area (Å²) in [5.41, 5.74) is 4.29. The fourth-order valence-electron chi connectivity index (χ4n) is 8.28. The van der Waals surface area contributed by atoms with Crippen molar-refractivity contribution in [2.24, 2.45) is 0 Å². The third-order valence-electron chi connectivity index (χ3n) is 11.6. The number of likely N-dealkylation sites (tertiary alicyclic amines) is 2. The number of halogens is 4. The number of piperidine rings is 2. The van der Waals surface area contributed by atoms with Gasteiger partial charge in [-0.05, 0) is 67.9 Å². The van der Waals surface area contributed by atoms with Crippen molar-refractivity contribution >= 4 is 23.4 Å². The van der Waals surface area contributed by atoms with Crippen LogP contribution >= 0.6 is 11.6 Å². The maximum absolute atomic E-state index is 14.6. The van der Waals surface area contributed by atoms with Gasteiger partial charge in [0.2, 0.25) is 29.5 Å². The normalized spacial score (nSPS) is 17.5. The first-order valence-electron chi connectivity index (χ1n) is 19.9. The zero-order chi connectivity index (χ0) is 41.8. The molecule has 0 unspecified atom stereocenters. The van der Waals surface area contributed by atoms with Crippen LogP contribution in [0, 0.1) is 0 Å². The van der Waals surface area contributed by atoms with Crippen molar-refractivity contribution in [2.45, 2.75) is 89.8 Å². The Labute approximate surface area is 346 Å². The number of aromatic nitrogens is 3. The van der Waals surface area contributed by atoms with Gasteiger partial charge >= 0.3 is 6.18 Å². The predicted octanol–water partition coefficient (Wildman–Crippen LogP) is 7.16. The van der Waals surface area contributed by atoms with E-state index in [-0.39, 0.29) is 41.9 Å². The molecule has 2 saturated heterocycles. The Morgan fingerprint density at radius 2 is 1.41 bits per heavy atom. The molecule has 16 heteroatoms. The molecule has 2 amide bonds. The highest BCUT2D eigenvalue weighted by molar-refractivity contribution is 6.35. The van der Waals surface area contributed by atoms with Crippen LogP contribution in [0.25, 0.3) is 22.5 Å². The van der Waals surface area contributed by atoms with Crippen LogP contribution in [0.2, 0.25) is 5.02 Å². The summed E-state index contributed by atoms with van der Waals surface area (Å²) in [6, 6.07) is 12.6. The molecule has 7 rings (SSSR count). The van der Waals surface area contributed by atoms with Crippen LogP contribution in [0.5, 0.6) is 17.6 Å². The van der Waals surface area contributed by atoms with E-state index in [9.17, 15) is 22.8 Å². The number of rotatable bonds is 12. The lowest BCUT2D eigenvalue weighted by molar-refractivity contribution is -0.139. The van der Waals surface area contributed by atoms with Gasteiger partial charge in [0, 0.05) is 93.7 Å². The molecule has 2 fully saturated rings. The second kappa shape index (κ2) is 18.1. The Morgan fingerprint density at radius 3 is 2.00 bits per heavy atom. The number of carbonyl (C=O) groups is 2. The van der Waals surface area contributed by atoms with Crippen LogP contribution < -0.4 is 24.8 Å². The molecule has 1 aliphatic carbocycles. The Kier molecular flexibility index (Phi) is 12.9. The van der Waals surface area contributed by atoms with E-state index in [1.165, 1.54) is 14.0 Å². The quantitative estimate of drug-likeness (QED) is 0.152.